The molecular formula is C12H18BrN3O. The number of halogens is 1. The maximum Gasteiger partial charge on any atom is 0.160 e. The van der Waals surface area contributed by atoms with Gasteiger partial charge in [-0.3, -0.25) is 0 Å². The smallest absolute Gasteiger partial charge is 0.160 e. The van der Waals surface area contributed by atoms with Gasteiger partial charge in [0.15, 0.2) is 5.82 Å². The number of anilines is 1. The van der Waals surface area contributed by atoms with Crippen LogP contribution >= 0.6 is 15.9 Å². The Kier molecular flexibility index (Phi) is 3.99. The number of rotatable bonds is 5. The van der Waals surface area contributed by atoms with Gasteiger partial charge < -0.3 is 10.5 Å². The molecule has 94 valence electrons. The van der Waals surface area contributed by atoms with Gasteiger partial charge in [0.05, 0.1) is 10.2 Å². The fourth-order valence-electron chi connectivity index (χ4n) is 1.89. The highest BCUT2D eigenvalue weighted by molar-refractivity contribution is 9.10. The van der Waals surface area contributed by atoms with Gasteiger partial charge in [0.1, 0.15) is 11.9 Å². The van der Waals surface area contributed by atoms with Crippen LogP contribution in [0.5, 0.6) is 0 Å². The first-order chi connectivity index (χ1) is 8.17. The summed E-state index contributed by atoms with van der Waals surface area (Å²) in [5, 5.41) is 0. The van der Waals surface area contributed by atoms with E-state index in [2.05, 4.69) is 32.8 Å². The van der Waals surface area contributed by atoms with Crippen LogP contribution in [-0.4, -0.2) is 16.6 Å². The van der Waals surface area contributed by atoms with Crippen molar-refractivity contribution in [1.29, 1.82) is 0 Å². The van der Waals surface area contributed by atoms with Crippen LogP contribution in [0.2, 0.25) is 0 Å². The number of nitrogens with two attached hydrogens (primary N) is 1. The van der Waals surface area contributed by atoms with Gasteiger partial charge in [0.25, 0.3) is 0 Å². The third kappa shape index (κ3) is 2.77. The molecule has 2 rings (SSSR count). The number of ether oxygens (including phenoxy) is 1. The van der Waals surface area contributed by atoms with E-state index in [4.69, 9.17) is 10.5 Å². The van der Waals surface area contributed by atoms with Gasteiger partial charge in [-0.15, -0.1) is 0 Å². The zero-order chi connectivity index (χ0) is 12.4. The fourth-order valence-corrected chi connectivity index (χ4v) is 2.35. The molecule has 4 nitrogen and oxygen atoms in total. The molecule has 17 heavy (non-hydrogen) atoms. The van der Waals surface area contributed by atoms with Crippen molar-refractivity contribution in [3.05, 3.63) is 16.0 Å². The predicted octanol–water partition coefficient (Wildman–Crippen LogP) is 2.87. The van der Waals surface area contributed by atoms with Crippen molar-refractivity contribution in [2.45, 2.75) is 39.2 Å². The third-order valence-electron chi connectivity index (χ3n) is 2.95. The summed E-state index contributed by atoms with van der Waals surface area (Å²) in [6.45, 7) is 4.74. The number of aryl methyl sites for hydroxylation is 1. The lowest BCUT2D eigenvalue weighted by atomic mass is 10.2. The van der Waals surface area contributed by atoms with Crippen LogP contribution in [0.1, 0.15) is 44.3 Å². The quantitative estimate of drug-likeness (QED) is 0.908. The fraction of sp³-hybridized carbons (Fsp3) is 0.667. The van der Waals surface area contributed by atoms with Crippen molar-refractivity contribution >= 4 is 21.7 Å². The molecule has 0 aliphatic heterocycles. The van der Waals surface area contributed by atoms with Crippen LogP contribution in [0.25, 0.3) is 0 Å². The van der Waals surface area contributed by atoms with Gasteiger partial charge in [-0.05, 0) is 48.0 Å². The molecule has 0 radical (unpaired) electrons. The summed E-state index contributed by atoms with van der Waals surface area (Å²) in [6.07, 6.45) is 3.25. The van der Waals surface area contributed by atoms with Crippen LogP contribution in [0.3, 0.4) is 0 Å². The molecule has 1 fully saturated rings. The highest BCUT2D eigenvalue weighted by Gasteiger charge is 2.35. The topological polar surface area (TPSA) is 61.0 Å². The first kappa shape index (κ1) is 12.8. The minimum absolute atomic E-state index is 0.0145. The second-order valence-electron chi connectivity index (χ2n) is 4.29. The SMILES string of the molecule is CCOC(c1nc(N)c(Br)c(CC)n1)C1CC1. The number of hydrogen-bond acceptors (Lipinski definition) is 4. The maximum absolute atomic E-state index is 5.90. The van der Waals surface area contributed by atoms with Crippen LogP contribution in [0.4, 0.5) is 5.82 Å². The monoisotopic (exact) mass is 299 g/mol. The van der Waals surface area contributed by atoms with Crippen molar-refractivity contribution < 1.29 is 4.74 Å². The van der Waals surface area contributed by atoms with Crippen molar-refractivity contribution in [1.82, 2.24) is 9.97 Å². The Balaban J connectivity index is 2.32. The first-order valence-corrected chi connectivity index (χ1v) is 6.90. The Morgan fingerprint density at radius 2 is 2.12 bits per heavy atom. The van der Waals surface area contributed by atoms with E-state index in [-0.39, 0.29) is 6.10 Å². The average Bonchev–Trinajstić information content (AvgIpc) is 3.13. The highest BCUT2D eigenvalue weighted by atomic mass is 79.9. The summed E-state index contributed by atoms with van der Waals surface area (Å²) < 4.78 is 6.57. The molecule has 0 aromatic carbocycles. The van der Waals surface area contributed by atoms with E-state index in [1.807, 2.05) is 6.92 Å². The van der Waals surface area contributed by atoms with Crippen LogP contribution < -0.4 is 5.73 Å². The third-order valence-corrected chi connectivity index (χ3v) is 3.81. The standard InChI is InChI=1S/C12H18BrN3O/c1-3-8-9(13)11(14)16-12(15-8)10(17-4-2)7-5-6-7/h7,10H,3-6H2,1-2H3,(H2,14,15,16). The number of hydrogen-bond donors (Lipinski definition) is 1. The Labute approximate surface area is 110 Å². The van der Waals surface area contributed by atoms with E-state index in [9.17, 15) is 0 Å². The summed E-state index contributed by atoms with van der Waals surface area (Å²) >= 11 is 3.42. The minimum atomic E-state index is 0.0145. The van der Waals surface area contributed by atoms with Gasteiger partial charge in [-0.25, -0.2) is 9.97 Å². The Morgan fingerprint density at radius 3 is 2.65 bits per heavy atom. The van der Waals surface area contributed by atoms with Gasteiger partial charge >= 0.3 is 0 Å². The van der Waals surface area contributed by atoms with E-state index < -0.39 is 0 Å². The molecule has 0 amide bonds. The van der Waals surface area contributed by atoms with Gasteiger partial charge in [-0.1, -0.05) is 6.92 Å². The van der Waals surface area contributed by atoms with E-state index in [0.717, 1.165) is 22.4 Å². The molecule has 1 unspecified atom stereocenters. The molecule has 1 aromatic heterocycles. The zero-order valence-electron chi connectivity index (χ0n) is 10.2. The lowest BCUT2D eigenvalue weighted by Gasteiger charge is -2.16. The molecule has 2 N–H and O–H groups in total. The summed E-state index contributed by atoms with van der Waals surface area (Å²) in [6, 6.07) is 0. The van der Waals surface area contributed by atoms with E-state index in [1.54, 1.807) is 0 Å². The van der Waals surface area contributed by atoms with Gasteiger partial charge in [-0.2, -0.15) is 0 Å². The lowest BCUT2D eigenvalue weighted by Crippen LogP contribution is -2.14. The largest absolute Gasteiger partial charge is 0.383 e. The van der Waals surface area contributed by atoms with Gasteiger partial charge in [0.2, 0.25) is 0 Å². The average molecular weight is 300 g/mol. The first-order valence-electron chi connectivity index (χ1n) is 6.10. The van der Waals surface area contributed by atoms with Crippen LogP contribution in [0.15, 0.2) is 4.47 Å². The Hall–Kier alpha value is -0.680. The zero-order valence-corrected chi connectivity index (χ0v) is 11.8. The van der Waals surface area contributed by atoms with E-state index in [1.165, 1.54) is 12.8 Å². The number of nitrogen functional groups attached to an aromatic ring is 1. The number of nitrogens with zero attached hydrogens (tertiary/aromatic N) is 2. The van der Waals surface area contributed by atoms with Crippen molar-refractivity contribution in [2.24, 2.45) is 5.92 Å². The minimum Gasteiger partial charge on any atom is -0.383 e. The summed E-state index contributed by atoms with van der Waals surface area (Å²) in [7, 11) is 0. The predicted molar refractivity (Wildman–Crippen MR) is 70.6 cm³/mol. The van der Waals surface area contributed by atoms with Crippen molar-refractivity contribution in [3.8, 4) is 0 Å². The molecule has 1 aliphatic rings. The maximum atomic E-state index is 5.90. The summed E-state index contributed by atoms with van der Waals surface area (Å²) in [5.74, 6) is 1.82. The molecule has 1 atom stereocenters. The molecule has 0 bridgehead atoms. The Bertz CT molecular complexity index is 407. The Morgan fingerprint density at radius 1 is 1.41 bits per heavy atom. The molecule has 1 aromatic rings. The van der Waals surface area contributed by atoms with Crippen LogP contribution in [0, 0.1) is 5.92 Å². The summed E-state index contributed by atoms with van der Waals surface area (Å²) in [4.78, 5) is 8.93. The lowest BCUT2D eigenvalue weighted by molar-refractivity contribution is 0.0399. The molecule has 1 saturated carbocycles. The van der Waals surface area contributed by atoms with Gasteiger partial charge in [0, 0.05) is 6.61 Å². The molecule has 5 heteroatoms. The molecule has 1 heterocycles. The summed E-state index contributed by atoms with van der Waals surface area (Å²) in [5.41, 5.74) is 6.85. The molecular weight excluding hydrogens is 282 g/mol. The molecule has 0 saturated heterocycles. The van der Waals surface area contributed by atoms with E-state index >= 15 is 0 Å². The van der Waals surface area contributed by atoms with Crippen molar-refractivity contribution in [2.75, 3.05) is 12.3 Å². The normalized spacial score (nSPS) is 17.1. The second-order valence-corrected chi connectivity index (χ2v) is 5.09. The second kappa shape index (κ2) is 5.31. The van der Waals surface area contributed by atoms with Crippen LogP contribution in [-0.2, 0) is 11.2 Å². The number of aromatic nitrogens is 2. The highest BCUT2D eigenvalue weighted by Crippen LogP contribution is 2.42. The molecule has 0 spiro atoms. The molecule has 1 aliphatic carbocycles. The van der Waals surface area contributed by atoms with Crippen molar-refractivity contribution in [3.63, 3.8) is 0 Å². The van der Waals surface area contributed by atoms with E-state index in [0.29, 0.717) is 18.3 Å².